The third kappa shape index (κ3) is 6.02. The fourth-order valence-corrected chi connectivity index (χ4v) is 3.55. The fourth-order valence-electron chi connectivity index (χ4n) is 3.55. The Labute approximate surface area is 164 Å². The number of benzene rings is 2. The van der Waals surface area contributed by atoms with E-state index in [1.54, 1.807) is 12.1 Å². The summed E-state index contributed by atoms with van der Waals surface area (Å²) in [6.45, 7) is -0.591. The zero-order valence-corrected chi connectivity index (χ0v) is 15.8. The van der Waals surface area contributed by atoms with E-state index in [1.807, 2.05) is 30.3 Å². The van der Waals surface area contributed by atoms with E-state index in [0.717, 1.165) is 37.1 Å². The summed E-state index contributed by atoms with van der Waals surface area (Å²) in [6.07, 6.45) is 4.69. The fraction of sp³-hybridized carbons (Fsp3) is 0.409. The molecule has 0 aromatic heterocycles. The summed E-state index contributed by atoms with van der Waals surface area (Å²) in [5, 5.41) is 3.11. The highest BCUT2D eigenvalue weighted by atomic mass is 19.3. The summed E-state index contributed by atoms with van der Waals surface area (Å²) < 4.78 is 29.2. The minimum absolute atomic E-state index is 0.0383. The molecule has 3 rings (SSSR count). The molecule has 1 N–H and O–H groups in total. The lowest BCUT2D eigenvalue weighted by Crippen LogP contribution is -2.39. The minimum atomic E-state index is -2.86. The second kappa shape index (κ2) is 10.2. The Morgan fingerprint density at radius 1 is 0.929 bits per heavy atom. The molecule has 0 bridgehead atoms. The van der Waals surface area contributed by atoms with Crippen molar-refractivity contribution in [3.63, 3.8) is 0 Å². The van der Waals surface area contributed by atoms with E-state index in [2.05, 4.69) is 15.0 Å². The number of likely N-dealkylation sites (tertiary alicyclic amines) is 1. The van der Waals surface area contributed by atoms with Crippen LogP contribution >= 0.6 is 0 Å². The number of rotatable bonds is 7. The highest BCUT2D eigenvalue weighted by Gasteiger charge is 2.19. The average molecular weight is 388 g/mol. The van der Waals surface area contributed by atoms with E-state index in [-0.39, 0.29) is 17.7 Å². The molecule has 1 aliphatic heterocycles. The van der Waals surface area contributed by atoms with Crippen molar-refractivity contribution in [2.45, 2.75) is 38.3 Å². The molecule has 1 fully saturated rings. The standard InChI is InChI=1S/C22H26F2N2O2/c23-22(24)28-19-12-10-18(11-13-19)21(17-8-4-3-5-9-17)25-20(27)16-26-14-6-1-2-7-15-26/h3-5,8-13,21-22H,1-2,6-7,14-16H2,(H,25,27)/t21-/m1/s1. The Hall–Kier alpha value is -2.47. The molecular weight excluding hydrogens is 362 g/mol. The summed E-state index contributed by atoms with van der Waals surface area (Å²) in [5.74, 6) is 0.0603. The summed E-state index contributed by atoms with van der Waals surface area (Å²) in [5.41, 5.74) is 1.76. The predicted molar refractivity (Wildman–Crippen MR) is 104 cm³/mol. The van der Waals surface area contributed by atoms with E-state index in [0.29, 0.717) is 6.54 Å². The number of ether oxygens (including phenoxy) is 1. The highest BCUT2D eigenvalue weighted by Crippen LogP contribution is 2.25. The molecule has 28 heavy (non-hydrogen) atoms. The van der Waals surface area contributed by atoms with Crippen LogP contribution in [0.25, 0.3) is 0 Å². The Kier molecular flexibility index (Phi) is 7.37. The predicted octanol–water partition coefficient (Wildman–Crippen LogP) is 4.37. The van der Waals surface area contributed by atoms with E-state index in [1.165, 1.54) is 25.0 Å². The first-order valence-electron chi connectivity index (χ1n) is 9.73. The van der Waals surface area contributed by atoms with Gasteiger partial charge in [-0.3, -0.25) is 9.69 Å². The number of carbonyl (C=O) groups is 1. The first kappa shape index (κ1) is 20.3. The maximum absolute atomic E-state index is 12.7. The van der Waals surface area contributed by atoms with Gasteiger partial charge in [0.2, 0.25) is 5.91 Å². The normalized spacial score (nSPS) is 16.4. The first-order chi connectivity index (χ1) is 13.6. The molecule has 150 valence electrons. The second-order valence-electron chi connectivity index (χ2n) is 7.05. The summed E-state index contributed by atoms with van der Waals surface area (Å²) in [6, 6.07) is 15.7. The Morgan fingerprint density at radius 3 is 2.14 bits per heavy atom. The van der Waals surface area contributed by atoms with Crippen LogP contribution in [0.3, 0.4) is 0 Å². The number of alkyl halides is 2. The maximum atomic E-state index is 12.7. The average Bonchev–Trinajstić information content (AvgIpc) is 2.96. The topological polar surface area (TPSA) is 41.6 Å². The molecule has 1 heterocycles. The van der Waals surface area contributed by atoms with Crippen LogP contribution in [-0.4, -0.2) is 37.1 Å². The molecule has 0 aliphatic carbocycles. The number of hydrogen-bond donors (Lipinski definition) is 1. The van der Waals surface area contributed by atoms with Crippen molar-refractivity contribution in [2.75, 3.05) is 19.6 Å². The largest absolute Gasteiger partial charge is 0.435 e. The van der Waals surface area contributed by atoms with Gasteiger partial charge in [0.1, 0.15) is 5.75 Å². The van der Waals surface area contributed by atoms with Crippen molar-refractivity contribution in [2.24, 2.45) is 0 Å². The molecule has 2 aromatic rings. The molecule has 0 spiro atoms. The first-order valence-corrected chi connectivity index (χ1v) is 9.73. The lowest BCUT2D eigenvalue weighted by atomic mass is 9.98. The zero-order chi connectivity index (χ0) is 19.8. The van der Waals surface area contributed by atoms with Crippen LogP contribution in [0.15, 0.2) is 54.6 Å². The van der Waals surface area contributed by atoms with Gasteiger partial charge in [0.25, 0.3) is 0 Å². The van der Waals surface area contributed by atoms with Crippen molar-refractivity contribution in [1.29, 1.82) is 0 Å². The molecule has 6 heteroatoms. The van der Waals surface area contributed by atoms with Crippen molar-refractivity contribution in [3.05, 3.63) is 65.7 Å². The van der Waals surface area contributed by atoms with Crippen LogP contribution in [0.1, 0.15) is 42.9 Å². The van der Waals surface area contributed by atoms with Crippen molar-refractivity contribution < 1.29 is 18.3 Å². The Morgan fingerprint density at radius 2 is 1.54 bits per heavy atom. The van der Waals surface area contributed by atoms with Gasteiger partial charge in [0, 0.05) is 0 Å². The van der Waals surface area contributed by atoms with Crippen LogP contribution in [0, 0.1) is 0 Å². The molecule has 4 nitrogen and oxygen atoms in total. The van der Waals surface area contributed by atoms with Gasteiger partial charge in [-0.2, -0.15) is 8.78 Å². The lowest BCUT2D eigenvalue weighted by Gasteiger charge is -2.24. The summed E-state index contributed by atoms with van der Waals surface area (Å²) >= 11 is 0. The summed E-state index contributed by atoms with van der Waals surface area (Å²) in [7, 11) is 0. The number of halogens is 2. The van der Waals surface area contributed by atoms with Crippen molar-refractivity contribution in [3.8, 4) is 5.75 Å². The van der Waals surface area contributed by atoms with E-state index < -0.39 is 6.61 Å². The quantitative estimate of drug-likeness (QED) is 0.766. The number of hydrogen-bond acceptors (Lipinski definition) is 3. The van der Waals surface area contributed by atoms with Crippen LogP contribution in [0.2, 0.25) is 0 Å². The van der Waals surface area contributed by atoms with Gasteiger partial charge in [0.15, 0.2) is 0 Å². The van der Waals surface area contributed by atoms with Crippen molar-refractivity contribution >= 4 is 5.91 Å². The molecule has 1 aliphatic rings. The summed E-state index contributed by atoms with van der Waals surface area (Å²) in [4.78, 5) is 14.9. The van der Waals surface area contributed by atoms with Gasteiger partial charge in [-0.05, 0) is 49.2 Å². The number of nitrogens with one attached hydrogen (secondary N) is 1. The van der Waals surface area contributed by atoms with Gasteiger partial charge < -0.3 is 10.1 Å². The van der Waals surface area contributed by atoms with Gasteiger partial charge in [-0.25, -0.2) is 0 Å². The number of carbonyl (C=O) groups excluding carboxylic acids is 1. The smallest absolute Gasteiger partial charge is 0.387 e. The molecule has 0 unspecified atom stereocenters. The molecule has 1 saturated heterocycles. The SMILES string of the molecule is O=C(CN1CCCCCC1)N[C@H](c1ccccc1)c1ccc(OC(F)F)cc1. The molecule has 1 amide bonds. The molecule has 2 aromatic carbocycles. The van der Waals surface area contributed by atoms with Gasteiger partial charge in [-0.15, -0.1) is 0 Å². The minimum Gasteiger partial charge on any atom is -0.435 e. The van der Waals surface area contributed by atoms with Gasteiger partial charge in [-0.1, -0.05) is 55.3 Å². The van der Waals surface area contributed by atoms with Crippen molar-refractivity contribution in [1.82, 2.24) is 10.2 Å². The molecule has 0 saturated carbocycles. The van der Waals surface area contributed by atoms with Crippen LogP contribution in [0.5, 0.6) is 5.75 Å². The third-order valence-electron chi connectivity index (χ3n) is 4.94. The van der Waals surface area contributed by atoms with Crippen LogP contribution in [0.4, 0.5) is 8.78 Å². The van der Waals surface area contributed by atoms with E-state index in [9.17, 15) is 13.6 Å². The van der Waals surface area contributed by atoms with Gasteiger partial charge >= 0.3 is 6.61 Å². The maximum Gasteiger partial charge on any atom is 0.387 e. The highest BCUT2D eigenvalue weighted by molar-refractivity contribution is 5.79. The van der Waals surface area contributed by atoms with Gasteiger partial charge in [0.05, 0.1) is 12.6 Å². The Balaban J connectivity index is 1.73. The Bertz CT molecular complexity index is 730. The number of nitrogens with zero attached hydrogens (tertiary/aromatic N) is 1. The molecule has 1 atom stereocenters. The number of amides is 1. The molecule has 0 radical (unpaired) electrons. The van der Waals surface area contributed by atoms with E-state index >= 15 is 0 Å². The monoisotopic (exact) mass is 388 g/mol. The second-order valence-corrected chi connectivity index (χ2v) is 7.05. The van der Waals surface area contributed by atoms with E-state index in [4.69, 9.17) is 0 Å². The zero-order valence-electron chi connectivity index (χ0n) is 15.8. The van der Waals surface area contributed by atoms with Crippen LogP contribution in [-0.2, 0) is 4.79 Å². The van der Waals surface area contributed by atoms with Crippen LogP contribution < -0.4 is 10.1 Å². The molecular formula is C22H26F2N2O2. The lowest BCUT2D eigenvalue weighted by molar-refractivity contribution is -0.122. The third-order valence-corrected chi connectivity index (χ3v) is 4.94.